The number of anilines is 1. The van der Waals surface area contributed by atoms with Gasteiger partial charge in [0, 0.05) is 13.8 Å². The van der Waals surface area contributed by atoms with Crippen molar-refractivity contribution >= 4 is 17.5 Å². The van der Waals surface area contributed by atoms with E-state index in [2.05, 4.69) is 0 Å². The quantitative estimate of drug-likeness (QED) is 0.676. The van der Waals surface area contributed by atoms with Crippen LogP contribution < -0.4 is 4.90 Å². The number of benzene rings is 1. The van der Waals surface area contributed by atoms with Gasteiger partial charge in [0.15, 0.2) is 11.5 Å². The first-order valence-electron chi connectivity index (χ1n) is 4.27. The SMILES string of the molecule is CC(=O)N(C(C)=O)c1cccc(O)c1O. The Labute approximate surface area is 86.6 Å². The van der Waals surface area contributed by atoms with E-state index in [0.29, 0.717) is 0 Å². The first kappa shape index (κ1) is 11.0. The molecule has 1 rings (SSSR count). The summed E-state index contributed by atoms with van der Waals surface area (Å²) in [4.78, 5) is 23.1. The number of carbonyl (C=O) groups excluding carboxylic acids is 2. The minimum absolute atomic E-state index is 0.0185. The zero-order valence-electron chi connectivity index (χ0n) is 8.39. The fraction of sp³-hybridized carbons (Fsp3) is 0.200. The van der Waals surface area contributed by atoms with Gasteiger partial charge in [-0.25, -0.2) is 4.90 Å². The Bertz CT molecular complexity index is 400. The van der Waals surface area contributed by atoms with E-state index in [0.717, 1.165) is 4.90 Å². The van der Waals surface area contributed by atoms with Crippen LogP contribution in [0.15, 0.2) is 18.2 Å². The van der Waals surface area contributed by atoms with E-state index < -0.39 is 17.6 Å². The molecule has 0 saturated carbocycles. The number of rotatable bonds is 1. The number of phenols is 2. The maximum absolute atomic E-state index is 11.2. The Balaban J connectivity index is 3.29. The number of aromatic hydroxyl groups is 2. The number of para-hydroxylation sites is 1. The third-order valence-electron chi connectivity index (χ3n) is 1.86. The summed E-state index contributed by atoms with van der Waals surface area (Å²) in [7, 11) is 0. The minimum Gasteiger partial charge on any atom is -0.504 e. The van der Waals surface area contributed by atoms with Gasteiger partial charge >= 0.3 is 0 Å². The van der Waals surface area contributed by atoms with Crippen LogP contribution in [0.3, 0.4) is 0 Å². The molecule has 0 aliphatic rings. The summed E-state index contributed by atoms with van der Waals surface area (Å²) in [6, 6.07) is 4.07. The Morgan fingerprint density at radius 1 is 1.13 bits per heavy atom. The van der Waals surface area contributed by atoms with Crippen molar-refractivity contribution in [1.82, 2.24) is 0 Å². The molecule has 2 N–H and O–H groups in total. The van der Waals surface area contributed by atoms with Crippen LogP contribution in [-0.4, -0.2) is 22.0 Å². The predicted octanol–water partition coefficient (Wildman–Crippen LogP) is 0.997. The first-order chi connectivity index (χ1) is 6.95. The highest BCUT2D eigenvalue weighted by Crippen LogP contribution is 2.35. The summed E-state index contributed by atoms with van der Waals surface area (Å²) >= 11 is 0. The lowest BCUT2D eigenvalue weighted by atomic mass is 10.2. The number of imide groups is 1. The van der Waals surface area contributed by atoms with Crippen LogP contribution in [0.1, 0.15) is 13.8 Å². The highest BCUT2D eigenvalue weighted by molar-refractivity contribution is 6.14. The average molecular weight is 209 g/mol. The Morgan fingerprint density at radius 3 is 2.13 bits per heavy atom. The molecule has 0 spiro atoms. The summed E-state index contributed by atoms with van der Waals surface area (Å²) in [5.41, 5.74) is -0.0185. The molecule has 1 aromatic rings. The van der Waals surface area contributed by atoms with Gasteiger partial charge in [0.05, 0.1) is 5.69 Å². The number of hydrogen-bond donors (Lipinski definition) is 2. The van der Waals surface area contributed by atoms with Gasteiger partial charge in [-0.3, -0.25) is 9.59 Å². The number of carbonyl (C=O) groups is 2. The van der Waals surface area contributed by atoms with E-state index in [1.165, 1.54) is 32.0 Å². The number of nitrogens with zero attached hydrogens (tertiary/aromatic N) is 1. The van der Waals surface area contributed by atoms with Crippen molar-refractivity contribution in [2.75, 3.05) is 4.90 Å². The summed E-state index contributed by atoms with van der Waals surface area (Å²) in [6.07, 6.45) is 0. The van der Waals surface area contributed by atoms with Crippen LogP contribution in [0.2, 0.25) is 0 Å². The van der Waals surface area contributed by atoms with Crippen LogP contribution in [0.5, 0.6) is 11.5 Å². The normalized spacial score (nSPS) is 9.73. The highest BCUT2D eigenvalue weighted by atomic mass is 16.3. The van der Waals surface area contributed by atoms with Gasteiger partial charge in [0.2, 0.25) is 11.8 Å². The van der Waals surface area contributed by atoms with Crippen molar-refractivity contribution in [3.8, 4) is 11.5 Å². The van der Waals surface area contributed by atoms with Gasteiger partial charge in [0.25, 0.3) is 0 Å². The van der Waals surface area contributed by atoms with Gasteiger partial charge < -0.3 is 10.2 Å². The van der Waals surface area contributed by atoms with Crippen molar-refractivity contribution < 1.29 is 19.8 Å². The third kappa shape index (κ3) is 2.07. The summed E-state index contributed by atoms with van der Waals surface area (Å²) < 4.78 is 0. The molecule has 0 aliphatic carbocycles. The second-order valence-electron chi connectivity index (χ2n) is 3.02. The molecule has 2 amide bonds. The van der Waals surface area contributed by atoms with Gasteiger partial charge in [-0.1, -0.05) is 6.07 Å². The minimum atomic E-state index is -0.525. The maximum Gasteiger partial charge on any atom is 0.230 e. The molecule has 0 bridgehead atoms. The van der Waals surface area contributed by atoms with Crippen LogP contribution >= 0.6 is 0 Å². The molecular weight excluding hydrogens is 198 g/mol. The molecule has 1 aromatic carbocycles. The first-order valence-corrected chi connectivity index (χ1v) is 4.27. The van der Waals surface area contributed by atoms with Crippen molar-refractivity contribution in [3.05, 3.63) is 18.2 Å². The van der Waals surface area contributed by atoms with E-state index in [1.807, 2.05) is 0 Å². The van der Waals surface area contributed by atoms with Crippen LogP contribution in [0, 0.1) is 0 Å². The van der Waals surface area contributed by atoms with Crippen LogP contribution in [0.4, 0.5) is 5.69 Å². The number of amides is 2. The molecular formula is C10H11NO4. The van der Waals surface area contributed by atoms with Gasteiger partial charge in [0.1, 0.15) is 0 Å². The standard InChI is InChI=1S/C10H11NO4/c1-6(12)11(7(2)13)8-4-3-5-9(14)10(8)15/h3-5,14-15H,1-2H3. The average Bonchev–Trinajstić information content (AvgIpc) is 2.11. The zero-order valence-corrected chi connectivity index (χ0v) is 8.39. The zero-order chi connectivity index (χ0) is 11.6. The maximum atomic E-state index is 11.2. The van der Waals surface area contributed by atoms with E-state index in [1.54, 1.807) is 0 Å². The van der Waals surface area contributed by atoms with Crippen molar-refractivity contribution in [2.24, 2.45) is 0 Å². The van der Waals surface area contributed by atoms with Gasteiger partial charge in [-0.2, -0.15) is 0 Å². The highest BCUT2D eigenvalue weighted by Gasteiger charge is 2.20. The lowest BCUT2D eigenvalue weighted by molar-refractivity contribution is -0.124. The van der Waals surface area contributed by atoms with Crippen molar-refractivity contribution in [3.63, 3.8) is 0 Å². The number of hydrogen-bond acceptors (Lipinski definition) is 4. The fourth-order valence-corrected chi connectivity index (χ4v) is 1.26. The van der Waals surface area contributed by atoms with Crippen LogP contribution in [-0.2, 0) is 9.59 Å². The molecule has 0 saturated heterocycles. The van der Waals surface area contributed by atoms with E-state index in [4.69, 9.17) is 0 Å². The number of phenolic OH excluding ortho intramolecular Hbond substituents is 2. The summed E-state index contributed by atoms with van der Waals surface area (Å²) in [5.74, 6) is -1.91. The van der Waals surface area contributed by atoms with Crippen molar-refractivity contribution in [1.29, 1.82) is 0 Å². The van der Waals surface area contributed by atoms with E-state index in [-0.39, 0.29) is 11.4 Å². The molecule has 0 radical (unpaired) electrons. The predicted molar refractivity (Wildman–Crippen MR) is 53.6 cm³/mol. The van der Waals surface area contributed by atoms with E-state index >= 15 is 0 Å². The Hall–Kier alpha value is -2.04. The molecule has 0 fully saturated rings. The Kier molecular flexibility index (Phi) is 2.94. The lowest BCUT2D eigenvalue weighted by Gasteiger charge is -2.18. The second-order valence-corrected chi connectivity index (χ2v) is 3.02. The molecule has 0 aliphatic heterocycles. The van der Waals surface area contributed by atoms with Crippen molar-refractivity contribution in [2.45, 2.75) is 13.8 Å². The molecule has 0 aromatic heterocycles. The molecule has 15 heavy (non-hydrogen) atoms. The molecule has 0 heterocycles. The van der Waals surface area contributed by atoms with Crippen LogP contribution in [0.25, 0.3) is 0 Å². The monoisotopic (exact) mass is 209 g/mol. The largest absolute Gasteiger partial charge is 0.504 e. The molecule has 0 atom stereocenters. The molecule has 80 valence electrons. The second kappa shape index (κ2) is 4.00. The van der Waals surface area contributed by atoms with Gasteiger partial charge in [-0.15, -0.1) is 0 Å². The summed E-state index contributed by atoms with van der Waals surface area (Å²) in [5, 5.41) is 18.7. The third-order valence-corrected chi connectivity index (χ3v) is 1.86. The molecule has 5 heteroatoms. The molecule has 0 unspecified atom stereocenters. The Morgan fingerprint density at radius 2 is 1.67 bits per heavy atom. The smallest absolute Gasteiger partial charge is 0.230 e. The fourth-order valence-electron chi connectivity index (χ4n) is 1.26. The molecule has 5 nitrogen and oxygen atoms in total. The van der Waals surface area contributed by atoms with E-state index in [9.17, 15) is 19.8 Å². The topological polar surface area (TPSA) is 77.8 Å². The van der Waals surface area contributed by atoms with Gasteiger partial charge in [-0.05, 0) is 12.1 Å². The lowest BCUT2D eigenvalue weighted by Crippen LogP contribution is -2.33. The summed E-state index contributed by atoms with van der Waals surface area (Å²) in [6.45, 7) is 2.40.